The highest BCUT2D eigenvalue weighted by Gasteiger charge is 2.21. The van der Waals surface area contributed by atoms with E-state index in [0.29, 0.717) is 0 Å². The molecule has 0 spiro atoms. The van der Waals surface area contributed by atoms with E-state index in [-0.39, 0.29) is 0 Å². The number of anilines is 1. The first-order valence-corrected chi connectivity index (χ1v) is 7.93. The summed E-state index contributed by atoms with van der Waals surface area (Å²) in [5, 5.41) is 2.37. The Morgan fingerprint density at radius 2 is 1.52 bits per heavy atom. The molecule has 0 aliphatic carbocycles. The van der Waals surface area contributed by atoms with Crippen molar-refractivity contribution in [3.63, 3.8) is 0 Å². The summed E-state index contributed by atoms with van der Waals surface area (Å²) < 4.78 is 4.56. The molecule has 2 N–H and O–H groups in total. The van der Waals surface area contributed by atoms with Gasteiger partial charge in [0.2, 0.25) is 0 Å². The van der Waals surface area contributed by atoms with Gasteiger partial charge in [-0.15, -0.1) is 0 Å². The molecule has 0 unspecified atom stereocenters. The predicted octanol–water partition coefficient (Wildman–Crippen LogP) is 4.63. The Kier molecular flexibility index (Phi) is 2.82. The quantitative estimate of drug-likeness (QED) is 0.547. The van der Waals surface area contributed by atoms with Gasteiger partial charge in [0.1, 0.15) is 5.65 Å². The average molecular weight is 303 g/mol. The summed E-state index contributed by atoms with van der Waals surface area (Å²) in [6.07, 6.45) is 0. The molecule has 2 aromatic heterocycles. The van der Waals surface area contributed by atoms with Gasteiger partial charge in [-0.05, 0) is 38.0 Å². The van der Waals surface area contributed by atoms with Gasteiger partial charge in [-0.3, -0.25) is 4.57 Å². The zero-order valence-corrected chi connectivity index (χ0v) is 14.0. The van der Waals surface area contributed by atoms with E-state index in [2.05, 4.69) is 79.4 Å². The molecule has 3 heteroatoms. The number of para-hydroxylation sites is 2. The minimum atomic E-state index is 0.878. The number of nitrogen functional groups attached to an aromatic ring is 1. The van der Waals surface area contributed by atoms with Crippen LogP contribution in [0, 0.1) is 20.8 Å². The van der Waals surface area contributed by atoms with Crippen molar-refractivity contribution >= 4 is 27.6 Å². The van der Waals surface area contributed by atoms with E-state index in [1.807, 2.05) is 0 Å². The van der Waals surface area contributed by atoms with Gasteiger partial charge in [-0.1, -0.05) is 36.4 Å². The number of hydrogen-bond donors (Lipinski definition) is 1. The van der Waals surface area contributed by atoms with Gasteiger partial charge in [0.15, 0.2) is 0 Å². The Balaban J connectivity index is 2.32. The molecule has 4 aromatic rings. The number of rotatable bonds is 1. The van der Waals surface area contributed by atoms with Crippen LogP contribution >= 0.6 is 0 Å². The average Bonchev–Trinajstić information content (AvgIpc) is 2.98. The van der Waals surface area contributed by atoms with E-state index in [4.69, 9.17) is 5.73 Å². The maximum atomic E-state index is 6.44. The molecule has 0 saturated carbocycles. The molecule has 4 rings (SSSR count). The fourth-order valence-corrected chi connectivity index (χ4v) is 3.71. The zero-order chi connectivity index (χ0) is 16.3. The van der Waals surface area contributed by atoms with E-state index in [9.17, 15) is 0 Å². The van der Waals surface area contributed by atoms with Crippen LogP contribution in [0.2, 0.25) is 0 Å². The van der Waals surface area contributed by atoms with E-state index in [1.54, 1.807) is 0 Å². The second-order valence-corrected chi connectivity index (χ2v) is 6.35. The van der Waals surface area contributed by atoms with E-state index in [0.717, 1.165) is 16.8 Å². The number of benzene rings is 2. The molecule has 0 radical (unpaired) electrons. The summed E-state index contributed by atoms with van der Waals surface area (Å²) in [6.45, 7) is 6.42. The van der Waals surface area contributed by atoms with Gasteiger partial charge in [0, 0.05) is 18.1 Å². The summed E-state index contributed by atoms with van der Waals surface area (Å²) in [4.78, 5) is 0. The normalized spacial score (nSPS) is 11.7. The lowest BCUT2D eigenvalue weighted by atomic mass is 10.1. The molecule has 0 aliphatic heterocycles. The van der Waals surface area contributed by atoms with Gasteiger partial charge in [0.25, 0.3) is 0 Å². The maximum absolute atomic E-state index is 6.44. The fourth-order valence-electron chi connectivity index (χ4n) is 3.71. The largest absolute Gasteiger partial charge is 0.397 e. The third-order valence-corrected chi connectivity index (χ3v) is 4.99. The topological polar surface area (TPSA) is 35.9 Å². The molecule has 0 aliphatic rings. The van der Waals surface area contributed by atoms with Crippen molar-refractivity contribution < 1.29 is 0 Å². The number of nitrogens with two attached hydrogens (primary N) is 1. The number of fused-ring (bicyclic) bond motifs is 3. The SMILES string of the molecule is Cc1cccc(C)c1-n1c2ccccc2c2c(N)c(C)n(C)c21. The summed E-state index contributed by atoms with van der Waals surface area (Å²) in [5.41, 5.74) is 14.6. The van der Waals surface area contributed by atoms with Crippen LogP contribution in [0.25, 0.3) is 27.6 Å². The second-order valence-electron chi connectivity index (χ2n) is 6.35. The predicted molar refractivity (Wildman–Crippen MR) is 98.4 cm³/mol. The number of aromatic nitrogens is 2. The minimum absolute atomic E-state index is 0.878. The van der Waals surface area contributed by atoms with Gasteiger partial charge >= 0.3 is 0 Å². The Morgan fingerprint density at radius 1 is 0.870 bits per heavy atom. The van der Waals surface area contributed by atoms with Crippen molar-refractivity contribution in [2.45, 2.75) is 20.8 Å². The van der Waals surface area contributed by atoms with Crippen LogP contribution in [-0.2, 0) is 7.05 Å². The highest BCUT2D eigenvalue weighted by molar-refractivity contribution is 6.15. The smallest absolute Gasteiger partial charge is 0.127 e. The van der Waals surface area contributed by atoms with Crippen molar-refractivity contribution in [3.05, 3.63) is 59.3 Å². The number of aryl methyl sites for hydroxylation is 3. The highest BCUT2D eigenvalue weighted by atomic mass is 15.1. The first kappa shape index (κ1) is 13.9. The molecular weight excluding hydrogens is 282 g/mol. The maximum Gasteiger partial charge on any atom is 0.127 e. The molecule has 0 saturated heterocycles. The van der Waals surface area contributed by atoms with Gasteiger partial charge in [-0.25, -0.2) is 0 Å². The molecular formula is C20H21N3. The Hall–Kier alpha value is -2.68. The van der Waals surface area contributed by atoms with Crippen LogP contribution < -0.4 is 5.73 Å². The summed E-state index contributed by atoms with van der Waals surface area (Å²) in [6, 6.07) is 15.0. The lowest BCUT2D eigenvalue weighted by molar-refractivity contribution is 0.884. The van der Waals surface area contributed by atoms with Crippen molar-refractivity contribution in [2.75, 3.05) is 5.73 Å². The lowest BCUT2D eigenvalue weighted by Crippen LogP contribution is -2.04. The van der Waals surface area contributed by atoms with Crippen molar-refractivity contribution in [1.82, 2.24) is 9.13 Å². The monoisotopic (exact) mass is 303 g/mol. The molecule has 0 bridgehead atoms. The number of hydrogen-bond acceptors (Lipinski definition) is 1. The Morgan fingerprint density at radius 3 is 2.22 bits per heavy atom. The van der Waals surface area contributed by atoms with Gasteiger partial charge in [-0.2, -0.15) is 0 Å². The second kappa shape index (κ2) is 4.66. The molecule has 0 atom stereocenters. The highest BCUT2D eigenvalue weighted by Crippen LogP contribution is 2.39. The third-order valence-electron chi connectivity index (χ3n) is 4.99. The molecule has 0 fully saturated rings. The first-order chi connectivity index (χ1) is 11.0. The standard InChI is InChI=1S/C20H21N3/c1-12-8-7-9-13(2)19(12)23-16-11-6-5-10-15(16)17-18(21)14(3)22(4)20(17)23/h5-11H,21H2,1-4H3. The summed E-state index contributed by atoms with van der Waals surface area (Å²) >= 11 is 0. The van der Waals surface area contributed by atoms with Crippen LogP contribution in [0.5, 0.6) is 0 Å². The summed E-state index contributed by atoms with van der Waals surface area (Å²) in [7, 11) is 2.09. The Bertz CT molecular complexity index is 1040. The van der Waals surface area contributed by atoms with E-state index >= 15 is 0 Å². The lowest BCUT2D eigenvalue weighted by Gasteiger charge is -2.15. The molecule has 2 aromatic carbocycles. The molecule has 23 heavy (non-hydrogen) atoms. The Labute approximate surface area is 135 Å². The molecule has 0 amide bonds. The van der Waals surface area contributed by atoms with Crippen LogP contribution in [0.3, 0.4) is 0 Å². The van der Waals surface area contributed by atoms with Gasteiger partial charge < -0.3 is 10.3 Å². The van der Waals surface area contributed by atoms with E-state index < -0.39 is 0 Å². The van der Waals surface area contributed by atoms with Crippen LogP contribution in [-0.4, -0.2) is 9.13 Å². The third kappa shape index (κ3) is 1.70. The molecule has 2 heterocycles. The first-order valence-electron chi connectivity index (χ1n) is 7.93. The van der Waals surface area contributed by atoms with Crippen molar-refractivity contribution in [1.29, 1.82) is 0 Å². The minimum Gasteiger partial charge on any atom is -0.397 e. The molecule has 116 valence electrons. The van der Waals surface area contributed by atoms with Crippen LogP contribution in [0.1, 0.15) is 16.8 Å². The van der Waals surface area contributed by atoms with Gasteiger partial charge in [0.05, 0.1) is 22.3 Å². The number of nitrogens with zero attached hydrogens (tertiary/aromatic N) is 2. The zero-order valence-electron chi connectivity index (χ0n) is 14.0. The van der Waals surface area contributed by atoms with Crippen LogP contribution in [0.4, 0.5) is 5.69 Å². The van der Waals surface area contributed by atoms with E-state index in [1.165, 1.54) is 33.4 Å². The molecule has 3 nitrogen and oxygen atoms in total. The fraction of sp³-hybridized carbons (Fsp3) is 0.200. The summed E-state index contributed by atoms with van der Waals surface area (Å²) in [5.74, 6) is 0. The van der Waals surface area contributed by atoms with Crippen molar-refractivity contribution in [3.8, 4) is 5.69 Å². The van der Waals surface area contributed by atoms with Crippen LogP contribution in [0.15, 0.2) is 42.5 Å². The van der Waals surface area contributed by atoms with Crippen molar-refractivity contribution in [2.24, 2.45) is 7.05 Å².